The summed E-state index contributed by atoms with van der Waals surface area (Å²) in [6.45, 7) is 4.00. The summed E-state index contributed by atoms with van der Waals surface area (Å²) >= 11 is 4.66. The Labute approximate surface area is 93.2 Å². The number of hydrogen-bond donors (Lipinski definition) is 2. The second kappa shape index (κ2) is 10.3. The molecule has 0 unspecified atom stereocenters. The van der Waals surface area contributed by atoms with Crippen LogP contribution >= 0.6 is 24.0 Å². The monoisotopic (exact) mass is 234 g/mol. The smallest absolute Gasteiger partial charge is 0.336 e. The Balaban J connectivity index is 0. The third-order valence-corrected chi connectivity index (χ3v) is 1.84. The predicted molar refractivity (Wildman–Crippen MR) is 62.9 cm³/mol. The van der Waals surface area contributed by atoms with Crippen molar-refractivity contribution in [2.45, 2.75) is 13.8 Å². The molecule has 3 nitrogen and oxygen atoms in total. The zero-order valence-electron chi connectivity index (χ0n) is 8.35. The highest BCUT2D eigenvalue weighted by molar-refractivity contribution is 7.79. The van der Waals surface area contributed by atoms with Crippen molar-refractivity contribution in [3.05, 3.63) is 21.9 Å². The van der Waals surface area contributed by atoms with E-state index in [1.807, 2.05) is 13.8 Å². The van der Waals surface area contributed by atoms with Gasteiger partial charge in [0.15, 0.2) is 6.29 Å². The number of carboxylic acid groups (broad SMARTS) is 1. The van der Waals surface area contributed by atoms with E-state index in [2.05, 4.69) is 12.6 Å². The summed E-state index contributed by atoms with van der Waals surface area (Å²) in [5, 5.41) is 9.82. The van der Waals surface area contributed by atoms with Gasteiger partial charge in [-0.1, -0.05) is 13.8 Å². The zero-order valence-corrected chi connectivity index (χ0v) is 10.1. The molecule has 0 saturated heterocycles. The first-order valence-electron chi connectivity index (χ1n) is 3.96. The fourth-order valence-corrected chi connectivity index (χ4v) is 1.21. The molecule has 0 radical (unpaired) electrons. The minimum Gasteiger partial charge on any atom is -0.478 e. The van der Waals surface area contributed by atoms with Crippen molar-refractivity contribution in [3.63, 3.8) is 0 Å². The first-order chi connectivity index (χ1) is 6.74. The third kappa shape index (κ3) is 5.77. The molecule has 1 aromatic heterocycles. The molecule has 14 heavy (non-hydrogen) atoms. The third-order valence-electron chi connectivity index (χ3n) is 0.983. The van der Waals surface area contributed by atoms with Crippen molar-refractivity contribution in [2.24, 2.45) is 0 Å². The molecule has 0 aliphatic heterocycles. The van der Waals surface area contributed by atoms with Crippen LogP contribution in [0.4, 0.5) is 0 Å². The lowest BCUT2D eigenvalue weighted by Gasteiger charge is -1.79. The van der Waals surface area contributed by atoms with Crippen molar-refractivity contribution in [2.75, 3.05) is 6.26 Å². The second-order valence-corrected chi connectivity index (χ2v) is 2.60. The molecule has 5 heteroatoms. The van der Waals surface area contributed by atoms with Crippen molar-refractivity contribution in [1.82, 2.24) is 0 Å². The number of carboxylic acids is 1. The molecule has 0 aromatic carbocycles. The van der Waals surface area contributed by atoms with Gasteiger partial charge in [0.1, 0.15) is 0 Å². The maximum Gasteiger partial charge on any atom is 0.336 e. The van der Waals surface area contributed by atoms with Gasteiger partial charge in [-0.25, -0.2) is 4.79 Å². The number of thiol groups is 1. The van der Waals surface area contributed by atoms with Gasteiger partial charge in [0.25, 0.3) is 0 Å². The van der Waals surface area contributed by atoms with Crippen molar-refractivity contribution >= 4 is 36.2 Å². The maximum absolute atomic E-state index is 10.2. The quantitative estimate of drug-likeness (QED) is 0.611. The fourth-order valence-electron chi connectivity index (χ4n) is 0.527. The standard InChI is InChI=1S/C6H4O3S.C2H6.CH4S/c7-2-5-1-4(3-10-5)6(8)9;2*1-2/h1-3H,(H,8,9);1-2H3;2H,1H3. The highest BCUT2D eigenvalue weighted by Gasteiger charge is 2.04. The van der Waals surface area contributed by atoms with Crippen LogP contribution in [0.2, 0.25) is 0 Å². The van der Waals surface area contributed by atoms with Crippen LogP contribution in [0.1, 0.15) is 33.9 Å². The molecule has 1 heterocycles. The molecule has 0 fully saturated rings. The van der Waals surface area contributed by atoms with Gasteiger partial charge in [0.2, 0.25) is 0 Å². The SMILES string of the molecule is CC.CS.O=Cc1cc(C(=O)O)cs1. The number of thiophene rings is 1. The number of aldehydes is 1. The molecule has 0 saturated carbocycles. The van der Waals surface area contributed by atoms with Crippen LogP contribution in [0.25, 0.3) is 0 Å². The fraction of sp³-hybridized carbons (Fsp3) is 0.333. The Morgan fingerprint density at radius 3 is 2.21 bits per heavy atom. The van der Waals surface area contributed by atoms with E-state index in [4.69, 9.17) is 5.11 Å². The lowest BCUT2D eigenvalue weighted by atomic mass is 10.3. The van der Waals surface area contributed by atoms with Gasteiger partial charge in [-0.05, 0) is 12.3 Å². The molecule has 80 valence electrons. The largest absolute Gasteiger partial charge is 0.478 e. The first-order valence-corrected chi connectivity index (χ1v) is 5.73. The van der Waals surface area contributed by atoms with Gasteiger partial charge >= 0.3 is 5.97 Å². The average molecular weight is 234 g/mol. The van der Waals surface area contributed by atoms with E-state index in [-0.39, 0.29) is 5.56 Å². The highest BCUT2D eigenvalue weighted by atomic mass is 32.1. The predicted octanol–water partition coefficient (Wildman–Crippen LogP) is 2.83. The highest BCUT2D eigenvalue weighted by Crippen LogP contribution is 2.11. The Kier molecular flexibility index (Phi) is 11.5. The summed E-state index contributed by atoms with van der Waals surface area (Å²) in [6.07, 6.45) is 2.33. The number of carbonyl (C=O) groups excluding carboxylic acids is 1. The Morgan fingerprint density at radius 1 is 1.50 bits per heavy atom. The minimum absolute atomic E-state index is 0.173. The molecule has 0 amide bonds. The van der Waals surface area contributed by atoms with E-state index in [9.17, 15) is 9.59 Å². The van der Waals surface area contributed by atoms with Crippen molar-refractivity contribution in [1.29, 1.82) is 0 Å². The molecule has 0 bridgehead atoms. The summed E-state index contributed by atoms with van der Waals surface area (Å²) in [7, 11) is 0. The van der Waals surface area contributed by atoms with Crippen LogP contribution in [-0.4, -0.2) is 23.6 Å². The van der Waals surface area contributed by atoms with Gasteiger partial charge in [-0.2, -0.15) is 12.6 Å². The second-order valence-electron chi connectivity index (χ2n) is 1.66. The molecular formula is C9H14O3S2. The van der Waals surface area contributed by atoms with Crippen LogP contribution in [-0.2, 0) is 0 Å². The van der Waals surface area contributed by atoms with Gasteiger partial charge in [0.05, 0.1) is 10.4 Å². The number of hydrogen-bond acceptors (Lipinski definition) is 4. The minimum atomic E-state index is -0.996. The lowest BCUT2D eigenvalue weighted by Crippen LogP contribution is -1.91. The summed E-state index contributed by atoms with van der Waals surface area (Å²) < 4.78 is 0. The first kappa shape index (κ1) is 15.7. The maximum atomic E-state index is 10.2. The summed E-state index contributed by atoms with van der Waals surface area (Å²) in [6, 6.07) is 1.35. The zero-order chi connectivity index (χ0) is 11.6. The Hall–Kier alpha value is -0.810. The van der Waals surface area contributed by atoms with Gasteiger partial charge in [-0.15, -0.1) is 11.3 Å². The average Bonchev–Trinajstić information content (AvgIpc) is 2.72. The van der Waals surface area contributed by atoms with Crippen LogP contribution in [0.3, 0.4) is 0 Å². The Bertz CT molecular complexity index is 269. The van der Waals surface area contributed by atoms with Crippen LogP contribution in [0, 0.1) is 0 Å². The molecule has 1 rings (SSSR count). The van der Waals surface area contributed by atoms with Crippen LogP contribution < -0.4 is 0 Å². The molecule has 0 aliphatic rings. The van der Waals surface area contributed by atoms with Crippen LogP contribution in [0.15, 0.2) is 11.4 Å². The lowest BCUT2D eigenvalue weighted by molar-refractivity contribution is 0.0697. The van der Waals surface area contributed by atoms with Gasteiger partial charge < -0.3 is 5.11 Å². The number of carbonyl (C=O) groups is 2. The molecule has 0 atom stereocenters. The molecule has 1 aromatic rings. The van der Waals surface area contributed by atoms with Gasteiger partial charge in [0, 0.05) is 5.38 Å². The molecule has 0 spiro atoms. The topological polar surface area (TPSA) is 54.4 Å². The summed E-state index contributed by atoms with van der Waals surface area (Å²) in [4.78, 5) is 20.7. The summed E-state index contributed by atoms with van der Waals surface area (Å²) in [5.41, 5.74) is 0.173. The number of rotatable bonds is 2. The van der Waals surface area contributed by atoms with E-state index >= 15 is 0 Å². The summed E-state index contributed by atoms with van der Waals surface area (Å²) in [5.74, 6) is -0.996. The molecular weight excluding hydrogens is 220 g/mol. The molecule has 0 aliphatic carbocycles. The van der Waals surface area contributed by atoms with E-state index in [1.165, 1.54) is 11.4 Å². The number of aromatic carboxylic acids is 1. The van der Waals surface area contributed by atoms with E-state index in [1.54, 1.807) is 6.26 Å². The van der Waals surface area contributed by atoms with Gasteiger partial charge in [-0.3, -0.25) is 4.79 Å². The van der Waals surface area contributed by atoms with E-state index in [0.29, 0.717) is 11.2 Å². The normalized spacial score (nSPS) is 7.43. The van der Waals surface area contributed by atoms with Crippen molar-refractivity contribution < 1.29 is 14.7 Å². The van der Waals surface area contributed by atoms with Crippen LogP contribution in [0.5, 0.6) is 0 Å². The van der Waals surface area contributed by atoms with E-state index in [0.717, 1.165) is 11.3 Å². The Morgan fingerprint density at radius 2 is 2.00 bits per heavy atom. The molecule has 1 N–H and O–H groups in total. The van der Waals surface area contributed by atoms with E-state index < -0.39 is 5.97 Å². The van der Waals surface area contributed by atoms with Crippen molar-refractivity contribution in [3.8, 4) is 0 Å².